The van der Waals surface area contributed by atoms with E-state index in [4.69, 9.17) is 16.7 Å². The van der Waals surface area contributed by atoms with E-state index in [1.54, 1.807) is 6.92 Å². The Hall–Kier alpha value is -1.20. The van der Waals surface area contributed by atoms with Gasteiger partial charge in [-0.15, -0.1) is 0 Å². The Bertz CT molecular complexity index is 332. The quantitative estimate of drug-likeness (QED) is 0.758. The van der Waals surface area contributed by atoms with Crippen LogP contribution in [0.5, 0.6) is 0 Å². The van der Waals surface area contributed by atoms with Crippen LogP contribution in [0.4, 0.5) is 0 Å². The van der Waals surface area contributed by atoms with Gasteiger partial charge < -0.3 is 10.4 Å². The lowest BCUT2D eigenvalue weighted by molar-refractivity contribution is 0.0917. The Labute approximate surface area is 86.1 Å². The third-order valence-electron chi connectivity index (χ3n) is 1.49. The summed E-state index contributed by atoms with van der Waals surface area (Å²) in [7, 11) is 0. The molecule has 0 saturated carbocycles. The molecule has 5 nitrogen and oxygen atoms in total. The highest BCUT2D eigenvalue weighted by Crippen LogP contribution is 2.02. The number of nitrogens with zero attached hydrogens (tertiary/aromatic N) is 2. The van der Waals surface area contributed by atoms with Crippen LogP contribution in [0.25, 0.3) is 0 Å². The van der Waals surface area contributed by atoms with Gasteiger partial charge in [-0.3, -0.25) is 9.78 Å². The monoisotopic (exact) mass is 215 g/mol. The lowest BCUT2D eigenvalue weighted by atomic mass is 10.3. The number of hydrogen-bond acceptors (Lipinski definition) is 4. The second kappa shape index (κ2) is 4.88. The Morgan fingerprint density at radius 1 is 1.71 bits per heavy atom. The van der Waals surface area contributed by atoms with Crippen LogP contribution in [0.2, 0.25) is 5.15 Å². The molecule has 1 aromatic heterocycles. The van der Waals surface area contributed by atoms with Crippen molar-refractivity contribution in [2.45, 2.75) is 13.0 Å². The first-order valence-electron chi connectivity index (χ1n) is 4.02. The third-order valence-corrected chi connectivity index (χ3v) is 1.67. The minimum Gasteiger partial charge on any atom is -0.394 e. The van der Waals surface area contributed by atoms with Gasteiger partial charge in [0.1, 0.15) is 10.8 Å². The highest BCUT2D eigenvalue weighted by Gasteiger charge is 2.10. The van der Waals surface area contributed by atoms with Crippen molar-refractivity contribution < 1.29 is 9.90 Å². The summed E-state index contributed by atoms with van der Waals surface area (Å²) in [6, 6.07) is -0.316. The fourth-order valence-electron chi connectivity index (χ4n) is 0.795. The molecule has 1 heterocycles. The fourth-order valence-corrected chi connectivity index (χ4v) is 0.942. The van der Waals surface area contributed by atoms with E-state index in [0.29, 0.717) is 0 Å². The van der Waals surface area contributed by atoms with Crippen molar-refractivity contribution in [2.24, 2.45) is 0 Å². The molecule has 1 amide bonds. The molecule has 1 aromatic rings. The smallest absolute Gasteiger partial charge is 0.271 e. The van der Waals surface area contributed by atoms with Crippen LogP contribution >= 0.6 is 11.6 Å². The van der Waals surface area contributed by atoms with Crippen molar-refractivity contribution in [3.05, 3.63) is 23.2 Å². The SMILES string of the molecule is C[C@@H](CO)NC(=O)c1cncc(Cl)n1. The van der Waals surface area contributed by atoms with Crippen LogP contribution in [0.3, 0.4) is 0 Å². The van der Waals surface area contributed by atoms with Crippen molar-refractivity contribution in [2.75, 3.05) is 6.61 Å². The average Bonchev–Trinajstić information content (AvgIpc) is 2.17. The fraction of sp³-hybridized carbons (Fsp3) is 0.375. The molecule has 1 rings (SSSR count). The Morgan fingerprint density at radius 2 is 2.43 bits per heavy atom. The van der Waals surface area contributed by atoms with Crippen molar-refractivity contribution >= 4 is 17.5 Å². The van der Waals surface area contributed by atoms with Gasteiger partial charge in [-0.25, -0.2) is 4.98 Å². The molecule has 0 aliphatic rings. The summed E-state index contributed by atoms with van der Waals surface area (Å²) < 4.78 is 0. The van der Waals surface area contributed by atoms with Gasteiger partial charge in [0.15, 0.2) is 0 Å². The molecule has 0 fully saturated rings. The lowest BCUT2D eigenvalue weighted by Crippen LogP contribution is -2.35. The molecule has 0 bridgehead atoms. The minimum absolute atomic E-state index is 0.125. The average molecular weight is 216 g/mol. The number of rotatable bonds is 3. The maximum Gasteiger partial charge on any atom is 0.271 e. The molecule has 0 saturated heterocycles. The van der Waals surface area contributed by atoms with Gasteiger partial charge in [-0.1, -0.05) is 11.6 Å². The van der Waals surface area contributed by atoms with E-state index < -0.39 is 5.91 Å². The summed E-state index contributed by atoms with van der Waals surface area (Å²) in [6.45, 7) is 1.55. The maximum atomic E-state index is 11.4. The number of amides is 1. The number of halogens is 1. The van der Waals surface area contributed by atoms with Crippen LogP contribution < -0.4 is 5.32 Å². The van der Waals surface area contributed by atoms with E-state index in [1.807, 2.05) is 0 Å². The Kier molecular flexibility index (Phi) is 3.79. The molecule has 1 atom stereocenters. The first kappa shape index (κ1) is 10.9. The summed E-state index contributed by atoms with van der Waals surface area (Å²) in [4.78, 5) is 18.9. The van der Waals surface area contributed by atoms with Gasteiger partial charge in [-0.2, -0.15) is 0 Å². The zero-order valence-corrected chi connectivity index (χ0v) is 8.32. The molecule has 0 aliphatic heterocycles. The van der Waals surface area contributed by atoms with Crippen molar-refractivity contribution in [1.82, 2.24) is 15.3 Å². The second-order valence-corrected chi connectivity index (χ2v) is 3.17. The molecule has 0 aromatic carbocycles. The second-order valence-electron chi connectivity index (χ2n) is 2.78. The van der Waals surface area contributed by atoms with Crippen molar-refractivity contribution in [1.29, 1.82) is 0 Å². The van der Waals surface area contributed by atoms with E-state index in [0.717, 1.165) is 0 Å². The molecule has 2 N–H and O–H groups in total. The Balaban J connectivity index is 2.70. The summed E-state index contributed by atoms with van der Waals surface area (Å²) >= 11 is 5.56. The van der Waals surface area contributed by atoms with Crippen molar-refractivity contribution in [3.8, 4) is 0 Å². The molecule has 6 heteroatoms. The van der Waals surface area contributed by atoms with E-state index in [-0.39, 0.29) is 23.5 Å². The van der Waals surface area contributed by atoms with Gasteiger partial charge in [-0.05, 0) is 6.92 Å². The molecule has 0 spiro atoms. The highest BCUT2D eigenvalue weighted by atomic mass is 35.5. The molecule has 76 valence electrons. The first-order chi connectivity index (χ1) is 6.63. The predicted molar refractivity (Wildman–Crippen MR) is 51.1 cm³/mol. The summed E-state index contributed by atoms with van der Waals surface area (Å²) in [5.41, 5.74) is 0.137. The van der Waals surface area contributed by atoms with E-state index in [1.165, 1.54) is 12.4 Å². The van der Waals surface area contributed by atoms with Crippen LogP contribution in [0, 0.1) is 0 Å². The van der Waals surface area contributed by atoms with Crippen molar-refractivity contribution in [3.63, 3.8) is 0 Å². The van der Waals surface area contributed by atoms with Crippen LogP contribution in [0.15, 0.2) is 12.4 Å². The number of nitrogens with one attached hydrogen (secondary N) is 1. The Morgan fingerprint density at radius 3 is 3.00 bits per heavy atom. The van der Waals surface area contributed by atoms with Gasteiger partial charge >= 0.3 is 0 Å². The standard InChI is InChI=1S/C8H10ClN3O2/c1-5(4-13)11-8(14)6-2-10-3-7(9)12-6/h2-3,5,13H,4H2,1H3,(H,11,14)/t5-/m0/s1. The lowest BCUT2D eigenvalue weighted by Gasteiger charge is -2.09. The maximum absolute atomic E-state index is 11.4. The zero-order valence-electron chi connectivity index (χ0n) is 7.57. The number of carbonyl (C=O) groups is 1. The highest BCUT2D eigenvalue weighted by molar-refractivity contribution is 6.29. The molecule has 0 aliphatic carbocycles. The van der Waals surface area contributed by atoms with Gasteiger partial charge in [0, 0.05) is 6.04 Å². The largest absolute Gasteiger partial charge is 0.394 e. The number of hydrogen-bond donors (Lipinski definition) is 2. The van der Waals surface area contributed by atoms with Crippen LogP contribution in [-0.2, 0) is 0 Å². The molecule has 14 heavy (non-hydrogen) atoms. The zero-order chi connectivity index (χ0) is 10.6. The van der Waals surface area contributed by atoms with Crippen LogP contribution in [0.1, 0.15) is 17.4 Å². The van der Waals surface area contributed by atoms with E-state index in [9.17, 15) is 4.79 Å². The third kappa shape index (κ3) is 2.93. The first-order valence-corrected chi connectivity index (χ1v) is 4.40. The number of aliphatic hydroxyl groups excluding tert-OH is 1. The molecular formula is C8H10ClN3O2. The minimum atomic E-state index is -0.401. The normalized spacial score (nSPS) is 12.2. The van der Waals surface area contributed by atoms with E-state index >= 15 is 0 Å². The summed E-state index contributed by atoms with van der Waals surface area (Å²) in [5, 5.41) is 11.4. The number of aliphatic hydroxyl groups is 1. The summed E-state index contributed by atoms with van der Waals surface area (Å²) in [6.07, 6.45) is 2.65. The molecular weight excluding hydrogens is 206 g/mol. The number of carbonyl (C=O) groups excluding carboxylic acids is 1. The van der Waals surface area contributed by atoms with Gasteiger partial charge in [0.05, 0.1) is 19.0 Å². The van der Waals surface area contributed by atoms with Crippen LogP contribution in [-0.4, -0.2) is 33.6 Å². The van der Waals surface area contributed by atoms with Gasteiger partial charge in [0.25, 0.3) is 5.91 Å². The topological polar surface area (TPSA) is 75.1 Å². The molecule has 0 radical (unpaired) electrons. The predicted octanol–water partition coefficient (Wildman–Crippen LogP) is 0.241. The van der Waals surface area contributed by atoms with E-state index in [2.05, 4.69) is 15.3 Å². The number of aromatic nitrogens is 2. The van der Waals surface area contributed by atoms with Gasteiger partial charge in [0.2, 0.25) is 0 Å². The summed E-state index contributed by atoms with van der Waals surface area (Å²) in [5.74, 6) is -0.401. The molecule has 0 unspecified atom stereocenters.